The smallest absolute Gasteiger partial charge is 0.257 e. The topological polar surface area (TPSA) is 44.4 Å². The van der Waals surface area contributed by atoms with E-state index in [2.05, 4.69) is 50.2 Å². The van der Waals surface area contributed by atoms with Crippen molar-refractivity contribution in [2.75, 3.05) is 0 Å². The quantitative estimate of drug-likeness (QED) is 0.214. The largest absolute Gasteiger partial charge is 1.00 e. The summed E-state index contributed by atoms with van der Waals surface area (Å²) in [5, 5.41) is 0. The average molecular weight is 769 g/mol. The van der Waals surface area contributed by atoms with E-state index in [0.717, 1.165) is 11.0 Å². The second-order valence-electron chi connectivity index (χ2n) is 4.53. The van der Waals surface area contributed by atoms with Crippen molar-refractivity contribution in [1.29, 1.82) is 0 Å². The van der Waals surface area contributed by atoms with E-state index in [1.54, 1.807) is 0 Å². The lowest BCUT2D eigenvalue weighted by molar-refractivity contribution is -0.00000485. The Morgan fingerprint density at radius 1 is 0.864 bits per heavy atom. The van der Waals surface area contributed by atoms with Crippen LogP contribution in [-0.2, 0) is 0 Å². The molecule has 7 heteroatoms. The molecule has 0 unspecified atom stereocenters. The second-order valence-corrected chi connectivity index (χ2v) is 5.61. The molecule has 124 valence electrons. The van der Waals surface area contributed by atoms with Crippen LogP contribution < -0.4 is 24.0 Å². The fraction of sp³-hybridized carbons (Fsp3) is 0.200. The summed E-state index contributed by atoms with van der Waals surface area (Å²) in [6.07, 6.45) is 0. The first-order chi connectivity index (χ1) is 8.25. The van der Waals surface area contributed by atoms with Gasteiger partial charge in [-0.2, -0.15) is 0 Å². The number of aromatic nitrogens is 1. The number of halogens is 4. The molecule has 2 nitrogen and oxygen atoms in total. The third kappa shape index (κ3) is 6.01. The molecular formula is C15H19I4NOS. The van der Waals surface area contributed by atoms with E-state index in [9.17, 15) is 0 Å². The standard InChI is InChI=1S/C15H14NS.4HI.H2O/c1-10(2)11-6-5-9-14-15(11)16-12-7-3-4-8-13(12)17-14;;;;;/h3-10H,1-2H3;4*1H;1H2/q+1;;;;;/p-1. The molecule has 0 atom stereocenters. The van der Waals surface area contributed by atoms with Gasteiger partial charge in [-0.3, -0.25) is 0 Å². The number of fused-ring (bicyclic) bond motifs is 2. The third-order valence-electron chi connectivity index (χ3n) is 2.97. The summed E-state index contributed by atoms with van der Waals surface area (Å²) in [5.74, 6) is 0.513. The Labute approximate surface area is 203 Å². The van der Waals surface area contributed by atoms with E-state index in [-0.39, 0.29) is 101 Å². The zero-order valence-corrected chi connectivity index (χ0v) is 22.0. The minimum atomic E-state index is 0. The highest BCUT2D eigenvalue weighted by Crippen LogP contribution is 2.30. The summed E-state index contributed by atoms with van der Waals surface area (Å²) in [6, 6.07) is 14.8. The van der Waals surface area contributed by atoms with Crippen LogP contribution in [-0.4, -0.2) is 10.5 Å². The fourth-order valence-corrected chi connectivity index (χ4v) is 3.09. The summed E-state index contributed by atoms with van der Waals surface area (Å²) >= 11 is 1.82. The van der Waals surface area contributed by atoms with Gasteiger partial charge >= 0.3 is 0 Å². The van der Waals surface area contributed by atoms with E-state index >= 15 is 0 Å². The van der Waals surface area contributed by atoms with Crippen LogP contribution in [0.15, 0.2) is 42.5 Å². The Bertz CT molecular complexity index is 709. The lowest BCUT2D eigenvalue weighted by atomic mass is 10.0. The Kier molecular flexibility index (Phi) is 16.2. The second kappa shape index (κ2) is 12.7. The maximum atomic E-state index is 4.81. The van der Waals surface area contributed by atoms with Crippen molar-refractivity contribution in [3.05, 3.63) is 48.0 Å². The van der Waals surface area contributed by atoms with Crippen LogP contribution in [0.2, 0.25) is 0 Å². The van der Waals surface area contributed by atoms with Crippen LogP contribution in [0.25, 0.3) is 20.4 Å². The first kappa shape index (κ1) is 28.2. The van der Waals surface area contributed by atoms with E-state index in [1.807, 2.05) is 17.4 Å². The van der Waals surface area contributed by atoms with E-state index < -0.39 is 0 Å². The van der Waals surface area contributed by atoms with Gasteiger partial charge in [0, 0.05) is 12.1 Å². The first-order valence-electron chi connectivity index (χ1n) is 5.87. The molecular weight excluding hydrogens is 750 g/mol. The van der Waals surface area contributed by atoms with Gasteiger partial charge in [0.05, 0.1) is 0 Å². The van der Waals surface area contributed by atoms with Crippen LogP contribution in [0.3, 0.4) is 0 Å². The molecule has 0 saturated carbocycles. The highest BCUT2D eigenvalue weighted by Gasteiger charge is 2.15. The van der Waals surface area contributed by atoms with Crippen molar-refractivity contribution in [3.63, 3.8) is 0 Å². The highest BCUT2D eigenvalue weighted by atomic mass is 127. The SMILES string of the molecule is CC(C)c1cccc2[s+]c3ccccc3nc12.I.I.I.O.[I-]. The van der Waals surface area contributed by atoms with Crippen LogP contribution in [0.1, 0.15) is 25.3 Å². The number of hydrogen-bond donors (Lipinski definition) is 0. The summed E-state index contributed by atoms with van der Waals surface area (Å²) in [7, 11) is 0. The average Bonchev–Trinajstić information content (AvgIpc) is 2.35. The van der Waals surface area contributed by atoms with Gasteiger partial charge in [0.25, 0.3) is 9.40 Å². The van der Waals surface area contributed by atoms with Crippen molar-refractivity contribution < 1.29 is 29.5 Å². The van der Waals surface area contributed by atoms with Crippen molar-refractivity contribution in [3.8, 4) is 0 Å². The first-order valence-corrected chi connectivity index (χ1v) is 6.69. The minimum Gasteiger partial charge on any atom is -1.00 e. The number of hydrogen-bond acceptors (Lipinski definition) is 1. The van der Waals surface area contributed by atoms with Gasteiger partial charge in [-0.15, -0.1) is 71.9 Å². The van der Waals surface area contributed by atoms with E-state index in [1.165, 1.54) is 15.0 Å². The van der Waals surface area contributed by atoms with Crippen molar-refractivity contribution in [2.24, 2.45) is 0 Å². The molecule has 3 aromatic rings. The molecule has 0 bridgehead atoms. The maximum Gasteiger partial charge on any atom is 0.257 e. The Balaban J connectivity index is -0.000000722. The third-order valence-corrected chi connectivity index (χ3v) is 4.08. The molecule has 3 rings (SSSR count). The van der Waals surface area contributed by atoms with Crippen LogP contribution in [0.5, 0.6) is 0 Å². The van der Waals surface area contributed by atoms with Gasteiger partial charge < -0.3 is 29.5 Å². The van der Waals surface area contributed by atoms with Crippen molar-refractivity contribution >= 4 is 104 Å². The zero-order chi connectivity index (χ0) is 11.8. The lowest BCUT2D eigenvalue weighted by Gasteiger charge is -2.05. The van der Waals surface area contributed by atoms with Crippen molar-refractivity contribution in [2.45, 2.75) is 19.8 Å². The molecule has 0 spiro atoms. The molecule has 0 amide bonds. The van der Waals surface area contributed by atoms with Gasteiger partial charge in [-0.1, -0.05) is 38.1 Å². The van der Waals surface area contributed by atoms with Crippen molar-refractivity contribution in [1.82, 2.24) is 4.98 Å². The zero-order valence-electron chi connectivity index (χ0n) is 12.1. The normalized spacial score (nSPS) is 8.86. The number of benzene rings is 2. The molecule has 2 N–H and O–H groups in total. The Morgan fingerprint density at radius 2 is 1.45 bits per heavy atom. The minimum absolute atomic E-state index is 0. The van der Waals surface area contributed by atoms with Gasteiger partial charge in [0.2, 0.25) is 11.3 Å². The van der Waals surface area contributed by atoms with Crippen LogP contribution >= 0.6 is 83.3 Å². The predicted molar refractivity (Wildman–Crippen MR) is 125 cm³/mol. The fourth-order valence-electron chi connectivity index (χ4n) is 2.08. The van der Waals surface area contributed by atoms with Gasteiger partial charge in [0.15, 0.2) is 0 Å². The Morgan fingerprint density at radius 3 is 2.09 bits per heavy atom. The van der Waals surface area contributed by atoms with E-state index in [4.69, 9.17) is 4.98 Å². The van der Waals surface area contributed by atoms with Gasteiger partial charge in [-0.25, -0.2) is 4.98 Å². The molecule has 0 aliphatic heterocycles. The Hall–Kier alpha value is 1.34. The molecule has 0 fully saturated rings. The van der Waals surface area contributed by atoms with Crippen LogP contribution in [0, 0.1) is 0 Å². The van der Waals surface area contributed by atoms with E-state index in [0.29, 0.717) is 5.92 Å². The molecule has 0 aliphatic carbocycles. The summed E-state index contributed by atoms with van der Waals surface area (Å²) < 4.78 is 2.52. The predicted octanol–water partition coefficient (Wildman–Crippen LogP) is 2.89. The molecule has 1 heterocycles. The molecule has 2 aromatic carbocycles. The highest BCUT2D eigenvalue weighted by molar-refractivity contribution is 14.0. The monoisotopic (exact) mass is 769 g/mol. The molecule has 0 aliphatic rings. The van der Waals surface area contributed by atoms with Gasteiger partial charge in [-0.05, 0) is 17.5 Å². The molecule has 0 saturated heterocycles. The summed E-state index contributed by atoms with van der Waals surface area (Å²) in [5.41, 5.74) is 3.59. The molecule has 0 radical (unpaired) electrons. The van der Waals surface area contributed by atoms with Crippen LogP contribution in [0.4, 0.5) is 0 Å². The maximum absolute atomic E-state index is 4.81. The number of para-hydroxylation sites is 2. The van der Waals surface area contributed by atoms with Gasteiger partial charge in [0.1, 0.15) is 11.0 Å². The summed E-state index contributed by atoms with van der Waals surface area (Å²) in [4.78, 5) is 4.81. The number of nitrogens with zero attached hydrogens (tertiary/aromatic N) is 1. The number of rotatable bonds is 1. The lowest BCUT2D eigenvalue weighted by Crippen LogP contribution is -3.00. The summed E-state index contributed by atoms with van der Waals surface area (Å²) in [6.45, 7) is 4.44. The molecule has 1 aromatic heterocycles. The molecule has 22 heavy (non-hydrogen) atoms.